The van der Waals surface area contributed by atoms with Crippen molar-refractivity contribution in [3.63, 3.8) is 0 Å². The molecule has 30 heavy (non-hydrogen) atoms. The van der Waals surface area contributed by atoms with Crippen LogP contribution in [0.4, 0.5) is 5.82 Å². The van der Waals surface area contributed by atoms with Crippen molar-refractivity contribution in [3.8, 4) is 11.3 Å². The second-order valence-electron chi connectivity index (χ2n) is 7.35. The summed E-state index contributed by atoms with van der Waals surface area (Å²) in [5.74, 6) is -0.132. The Labute approximate surface area is 174 Å². The van der Waals surface area contributed by atoms with Gasteiger partial charge < -0.3 is 11.5 Å². The number of nitrogens with zero attached hydrogens (tertiary/aromatic N) is 4. The molecule has 0 aliphatic heterocycles. The lowest BCUT2D eigenvalue weighted by molar-refractivity contribution is 0.100. The minimum atomic E-state index is -0.491. The van der Waals surface area contributed by atoms with Crippen molar-refractivity contribution in [1.29, 1.82) is 0 Å². The van der Waals surface area contributed by atoms with E-state index >= 15 is 0 Å². The van der Waals surface area contributed by atoms with E-state index in [1.165, 1.54) is 17.5 Å². The lowest BCUT2D eigenvalue weighted by Crippen LogP contribution is -2.16. The number of hydrogen-bond acceptors (Lipinski definition) is 5. The van der Waals surface area contributed by atoms with Gasteiger partial charge in [0.1, 0.15) is 17.8 Å². The number of carbonyl (C=O) groups is 1. The monoisotopic (exact) mass is 400 g/mol. The van der Waals surface area contributed by atoms with Crippen LogP contribution in [-0.4, -0.2) is 25.7 Å². The predicted molar refractivity (Wildman–Crippen MR) is 119 cm³/mol. The normalized spacial score (nSPS) is 17.0. The smallest absolute Gasteiger partial charge is 0.248 e. The zero-order valence-electron chi connectivity index (χ0n) is 16.9. The fourth-order valence-corrected chi connectivity index (χ4v) is 4.06. The number of benzene rings is 1. The second kappa shape index (κ2) is 7.94. The number of nitrogen functional groups attached to an aromatic ring is 1. The first kappa shape index (κ1) is 19.6. The van der Waals surface area contributed by atoms with Crippen molar-refractivity contribution < 1.29 is 4.79 Å². The molecule has 4 N–H and O–H groups in total. The van der Waals surface area contributed by atoms with Gasteiger partial charge in [0.25, 0.3) is 0 Å². The van der Waals surface area contributed by atoms with Gasteiger partial charge in [-0.05, 0) is 49.5 Å². The Morgan fingerprint density at radius 1 is 1.30 bits per heavy atom. The maximum absolute atomic E-state index is 11.7. The minimum absolute atomic E-state index is 0.129. The Balaban J connectivity index is 1.87. The Bertz CT molecular complexity index is 1200. The van der Waals surface area contributed by atoms with E-state index in [4.69, 9.17) is 16.6 Å². The average molecular weight is 400 g/mol. The summed E-state index contributed by atoms with van der Waals surface area (Å²) in [7, 11) is 0. The molecule has 3 aromatic rings. The highest BCUT2D eigenvalue weighted by atomic mass is 16.1. The van der Waals surface area contributed by atoms with Crippen molar-refractivity contribution >= 4 is 22.8 Å². The van der Waals surface area contributed by atoms with Crippen LogP contribution >= 0.6 is 0 Å². The summed E-state index contributed by atoms with van der Waals surface area (Å²) in [6, 6.07) is 7.20. The molecule has 0 radical (unpaired) electrons. The standard InChI is InChI=1S/C23H24N6O/c1-3-6-15-12-18(10-9-14(15)4-2)29-23-19(21(24)26-13-27-23)20(28-29)16-7-5-8-17(11-16)22(25)30/h3-8,11,13,18H,2,9-10,12H2,1H3,(H2,25,30)(H2,24,26,27)/b6-3-. The number of rotatable bonds is 5. The van der Waals surface area contributed by atoms with E-state index < -0.39 is 5.91 Å². The molecule has 0 saturated carbocycles. The number of primary amides is 1. The largest absolute Gasteiger partial charge is 0.383 e. The number of nitrogens with two attached hydrogens (primary N) is 2. The van der Waals surface area contributed by atoms with Gasteiger partial charge in [-0.3, -0.25) is 4.79 Å². The van der Waals surface area contributed by atoms with Crippen LogP contribution in [0.15, 0.2) is 66.5 Å². The van der Waals surface area contributed by atoms with E-state index in [1.54, 1.807) is 18.2 Å². The fourth-order valence-electron chi connectivity index (χ4n) is 4.06. The molecule has 1 aliphatic rings. The van der Waals surface area contributed by atoms with Gasteiger partial charge >= 0.3 is 0 Å². The molecule has 0 saturated heterocycles. The molecule has 2 heterocycles. The number of aromatic nitrogens is 4. The lowest BCUT2D eigenvalue weighted by atomic mass is 9.88. The van der Waals surface area contributed by atoms with Crippen molar-refractivity contribution in [1.82, 2.24) is 19.7 Å². The van der Waals surface area contributed by atoms with Crippen molar-refractivity contribution in [2.24, 2.45) is 5.73 Å². The highest BCUT2D eigenvalue weighted by molar-refractivity contribution is 6.00. The molecular weight excluding hydrogens is 376 g/mol. The Kier molecular flexibility index (Phi) is 5.18. The summed E-state index contributed by atoms with van der Waals surface area (Å²) in [6.07, 6.45) is 10.2. The fraction of sp³-hybridized carbons (Fsp3) is 0.217. The van der Waals surface area contributed by atoms with Gasteiger partial charge in [-0.25, -0.2) is 14.6 Å². The molecule has 7 heteroatoms. The van der Waals surface area contributed by atoms with Gasteiger partial charge in [0.15, 0.2) is 5.65 Å². The number of fused-ring (bicyclic) bond motifs is 1. The van der Waals surface area contributed by atoms with Gasteiger partial charge in [0, 0.05) is 11.1 Å². The number of amides is 1. The van der Waals surface area contributed by atoms with Gasteiger partial charge in [0.05, 0.1) is 11.4 Å². The Hall–Kier alpha value is -3.74. The van der Waals surface area contributed by atoms with Crippen LogP contribution in [0.25, 0.3) is 22.3 Å². The molecule has 2 aromatic heterocycles. The first-order chi connectivity index (χ1) is 14.5. The summed E-state index contributed by atoms with van der Waals surface area (Å²) < 4.78 is 1.95. The van der Waals surface area contributed by atoms with Crippen LogP contribution in [-0.2, 0) is 0 Å². The SMILES string of the molecule is C=CC1=C(/C=C\C)CC(n2nc(-c3cccc(C(N)=O)c3)c3c(N)ncnc32)CC1. The molecule has 4 rings (SSSR count). The number of anilines is 1. The van der Waals surface area contributed by atoms with Gasteiger partial charge in [-0.15, -0.1) is 0 Å². The number of carbonyl (C=O) groups excluding carboxylic acids is 1. The van der Waals surface area contributed by atoms with Gasteiger partial charge in [0.2, 0.25) is 5.91 Å². The average Bonchev–Trinajstić information content (AvgIpc) is 3.15. The zero-order chi connectivity index (χ0) is 21.3. The molecule has 0 bridgehead atoms. The predicted octanol–water partition coefficient (Wildman–Crippen LogP) is 3.96. The van der Waals surface area contributed by atoms with E-state index in [2.05, 4.69) is 22.6 Å². The maximum Gasteiger partial charge on any atom is 0.248 e. The Morgan fingerprint density at radius 2 is 2.13 bits per heavy atom. The Morgan fingerprint density at radius 3 is 2.87 bits per heavy atom. The van der Waals surface area contributed by atoms with Crippen LogP contribution < -0.4 is 11.5 Å². The third kappa shape index (κ3) is 3.39. The third-order valence-electron chi connectivity index (χ3n) is 5.51. The molecule has 1 atom stereocenters. The third-order valence-corrected chi connectivity index (χ3v) is 5.51. The molecule has 0 spiro atoms. The van der Waals surface area contributed by atoms with Crippen LogP contribution in [0, 0.1) is 0 Å². The highest BCUT2D eigenvalue weighted by Crippen LogP contribution is 2.38. The zero-order valence-corrected chi connectivity index (χ0v) is 16.9. The van der Waals surface area contributed by atoms with E-state index in [1.807, 2.05) is 29.8 Å². The topological polar surface area (TPSA) is 113 Å². The van der Waals surface area contributed by atoms with Crippen molar-refractivity contribution in [2.45, 2.75) is 32.2 Å². The molecule has 1 aromatic carbocycles. The molecule has 1 aliphatic carbocycles. The minimum Gasteiger partial charge on any atom is -0.383 e. The summed E-state index contributed by atoms with van der Waals surface area (Å²) in [4.78, 5) is 20.3. The second-order valence-corrected chi connectivity index (χ2v) is 7.35. The lowest BCUT2D eigenvalue weighted by Gasteiger charge is -2.25. The molecular formula is C23H24N6O. The summed E-state index contributed by atoms with van der Waals surface area (Å²) in [5, 5.41) is 5.58. The molecule has 7 nitrogen and oxygen atoms in total. The van der Waals surface area contributed by atoms with Gasteiger partial charge in [-0.1, -0.05) is 36.9 Å². The molecule has 152 valence electrons. The van der Waals surface area contributed by atoms with Gasteiger partial charge in [-0.2, -0.15) is 5.10 Å². The van der Waals surface area contributed by atoms with E-state index in [0.29, 0.717) is 28.1 Å². The van der Waals surface area contributed by atoms with Crippen molar-refractivity contribution in [2.75, 3.05) is 5.73 Å². The van der Waals surface area contributed by atoms with Crippen LogP contribution in [0.5, 0.6) is 0 Å². The number of hydrogen-bond donors (Lipinski definition) is 2. The maximum atomic E-state index is 11.7. The van der Waals surface area contributed by atoms with Crippen LogP contribution in [0.2, 0.25) is 0 Å². The quantitative estimate of drug-likeness (QED) is 0.673. The highest BCUT2D eigenvalue weighted by Gasteiger charge is 2.26. The van der Waals surface area contributed by atoms with E-state index in [-0.39, 0.29) is 6.04 Å². The molecule has 0 fully saturated rings. The van der Waals surface area contributed by atoms with Crippen molar-refractivity contribution in [3.05, 3.63) is 72.1 Å². The van der Waals surface area contributed by atoms with Crippen LogP contribution in [0.1, 0.15) is 42.6 Å². The molecule has 1 unspecified atom stereocenters. The van der Waals surface area contributed by atoms with E-state index in [9.17, 15) is 4.79 Å². The first-order valence-electron chi connectivity index (χ1n) is 9.89. The number of allylic oxidation sites excluding steroid dienone is 5. The summed E-state index contributed by atoms with van der Waals surface area (Å²) in [6.45, 7) is 5.97. The summed E-state index contributed by atoms with van der Waals surface area (Å²) in [5.41, 5.74) is 16.7. The summed E-state index contributed by atoms with van der Waals surface area (Å²) >= 11 is 0. The molecule has 1 amide bonds. The van der Waals surface area contributed by atoms with E-state index in [0.717, 1.165) is 24.8 Å². The first-order valence-corrected chi connectivity index (χ1v) is 9.89. The van der Waals surface area contributed by atoms with Crippen LogP contribution in [0.3, 0.4) is 0 Å².